The summed E-state index contributed by atoms with van der Waals surface area (Å²) in [5, 5.41) is 4.15. The van der Waals surface area contributed by atoms with Gasteiger partial charge in [0.15, 0.2) is 0 Å². The molecule has 2 aromatic heterocycles. The number of rotatable bonds is 4. The Morgan fingerprint density at radius 3 is 2.65 bits per heavy atom. The molecule has 1 N–H and O–H groups in total. The fourth-order valence-corrected chi connectivity index (χ4v) is 3.86. The second-order valence-corrected chi connectivity index (χ2v) is 6.82. The van der Waals surface area contributed by atoms with Gasteiger partial charge in [-0.15, -0.1) is 11.3 Å². The van der Waals surface area contributed by atoms with Crippen LogP contribution in [0.15, 0.2) is 63.8 Å². The molecule has 0 bridgehead atoms. The Labute approximate surface area is 152 Å². The van der Waals surface area contributed by atoms with Crippen molar-refractivity contribution in [1.29, 1.82) is 0 Å². The van der Waals surface area contributed by atoms with E-state index in [-0.39, 0.29) is 5.91 Å². The lowest BCUT2D eigenvalue weighted by atomic mass is 10.2. The largest absolute Gasteiger partial charge is 0.497 e. The van der Waals surface area contributed by atoms with Crippen molar-refractivity contribution in [3.63, 3.8) is 0 Å². The number of amides is 1. The van der Waals surface area contributed by atoms with Crippen LogP contribution in [0.5, 0.6) is 5.75 Å². The third kappa shape index (κ3) is 2.95. The van der Waals surface area contributed by atoms with Gasteiger partial charge in [-0.1, -0.05) is 24.3 Å². The second kappa shape index (κ2) is 6.65. The molecule has 0 saturated carbocycles. The van der Waals surface area contributed by atoms with Gasteiger partial charge in [0.2, 0.25) is 0 Å². The SMILES string of the molecule is COc1ccc(CNC(=O)c2cc3c(=O)oc4ccccc4c3s2)cc1. The Hall–Kier alpha value is -3.12. The number of benzene rings is 2. The van der Waals surface area contributed by atoms with Gasteiger partial charge in [0.25, 0.3) is 5.91 Å². The van der Waals surface area contributed by atoms with Gasteiger partial charge < -0.3 is 14.5 Å². The summed E-state index contributed by atoms with van der Waals surface area (Å²) in [6.45, 7) is 0.395. The van der Waals surface area contributed by atoms with E-state index in [1.807, 2.05) is 42.5 Å². The van der Waals surface area contributed by atoms with Crippen LogP contribution in [0.4, 0.5) is 0 Å². The maximum Gasteiger partial charge on any atom is 0.345 e. The lowest BCUT2D eigenvalue weighted by molar-refractivity contribution is 0.0955. The molecule has 1 amide bonds. The third-order valence-corrected chi connectivity index (χ3v) is 5.29. The molecule has 4 rings (SSSR count). The fourth-order valence-electron chi connectivity index (χ4n) is 2.77. The van der Waals surface area contributed by atoms with Gasteiger partial charge in [0, 0.05) is 11.9 Å². The highest BCUT2D eigenvalue weighted by atomic mass is 32.1. The van der Waals surface area contributed by atoms with Gasteiger partial charge in [-0.25, -0.2) is 4.79 Å². The van der Waals surface area contributed by atoms with Gasteiger partial charge in [-0.2, -0.15) is 0 Å². The number of carbonyl (C=O) groups excluding carboxylic acids is 1. The number of nitrogens with one attached hydrogen (secondary N) is 1. The number of fused-ring (bicyclic) bond motifs is 3. The first-order valence-corrected chi connectivity index (χ1v) is 8.84. The fraction of sp³-hybridized carbons (Fsp3) is 0.100. The first-order valence-electron chi connectivity index (χ1n) is 8.02. The van der Waals surface area contributed by atoms with Crippen molar-refractivity contribution in [2.75, 3.05) is 7.11 Å². The second-order valence-electron chi connectivity index (χ2n) is 5.77. The molecule has 0 fully saturated rings. The molecule has 0 atom stereocenters. The molecule has 0 unspecified atom stereocenters. The maximum atomic E-state index is 12.5. The Morgan fingerprint density at radius 2 is 1.88 bits per heavy atom. The quantitative estimate of drug-likeness (QED) is 0.556. The molecule has 130 valence electrons. The molecular formula is C20H15NO4S. The lowest BCUT2D eigenvalue weighted by Gasteiger charge is -2.05. The van der Waals surface area contributed by atoms with E-state index in [1.54, 1.807) is 19.2 Å². The van der Waals surface area contributed by atoms with Gasteiger partial charge in [-0.3, -0.25) is 4.79 Å². The van der Waals surface area contributed by atoms with Crippen molar-refractivity contribution in [3.05, 3.63) is 75.5 Å². The minimum absolute atomic E-state index is 0.217. The third-order valence-electron chi connectivity index (χ3n) is 4.12. The molecule has 5 nitrogen and oxygen atoms in total. The lowest BCUT2D eigenvalue weighted by Crippen LogP contribution is -2.21. The van der Waals surface area contributed by atoms with Crippen LogP contribution < -0.4 is 15.7 Å². The first-order chi connectivity index (χ1) is 12.7. The predicted octanol–water partition coefficient (Wildman–Crippen LogP) is 3.95. The normalized spacial score (nSPS) is 11.0. The van der Waals surface area contributed by atoms with Crippen LogP contribution in [0.3, 0.4) is 0 Å². The summed E-state index contributed by atoms with van der Waals surface area (Å²) in [6.07, 6.45) is 0. The molecule has 0 saturated heterocycles. The number of hydrogen-bond donors (Lipinski definition) is 1. The van der Waals surface area contributed by atoms with Crippen molar-refractivity contribution in [2.45, 2.75) is 6.54 Å². The van der Waals surface area contributed by atoms with E-state index >= 15 is 0 Å². The van der Waals surface area contributed by atoms with E-state index < -0.39 is 5.63 Å². The number of thiophene rings is 1. The predicted molar refractivity (Wildman–Crippen MR) is 102 cm³/mol. The van der Waals surface area contributed by atoms with E-state index in [9.17, 15) is 9.59 Å². The zero-order valence-corrected chi connectivity index (χ0v) is 14.8. The average Bonchev–Trinajstić information content (AvgIpc) is 3.13. The zero-order valence-electron chi connectivity index (χ0n) is 13.9. The van der Waals surface area contributed by atoms with Crippen molar-refractivity contribution in [2.24, 2.45) is 0 Å². The molecule has 0 radical (unpaired) electrons. The molecular weight excluding hydrogens is 350 g/mol. The summed E-state index contributed by atoms with van der Waals surface area (Å²) < 4.78 is 11.2. The molecule has 6 heteroatoms. The Kier molecular flexibility index (Phi) is 4.18. The molecule has 0 spiro atoms. The standard InChI is InChI=1S/C20H15NO4S/c1-24-13-8-6-12(7-9-13)11-21-19(22)17-10-15-18(26-17)14-4-2-3-5-16(14)25-20(15)23/h2-10H,11H2,1H3,(H,21,22). The van der Waals surface area contributed by atoms with Gasteiger partial charge in [0.1, 0.15) is 11.3 Å². The van der Waals surface area contributed by atoms with E-state index in [4.69, 9.17) is 9.15 Å². The van der Waals surface area contributed by atoms with Gasteiger partial charge >= 0.3 is 5.63 Å². The summed E-state index contributed by atoms with van der Waals surface area (Å²) >= 11 is 1.30. The number of methoxy groups -OCH3 is 1. The number of hydrogen-bond acceptors (Lipinski definition) is 5. The maximum absolute atomic E-state index is 12.5. The Bertz CT molecular complexity index is 1160. The van der Waals surface area contributed by atoms with Crippen LogP contribution in [0.1, 0.15) is 15.2 Å². The van der Waals surface area contributed by atoms with Crippen molar-refractivity contribution < 1.29 is 13.9 Å². The summed E-state index contributed by atoms with van der Waals surface area (Å²) in [4.78, 5) is 25.1. The number of para-hydroxylation sites is 1. The van der Waals surface area contributed by atoms with E-state index in [0.29, 0.717) is 22.4 Å². The smallest absolute Gasteiger partial charge is 0.345 e. The highest BCUT2D eigenvalue weighted by Crippen LogP contribution is 2.30. The monoisotopic (exact) mass is 365 g/mol. The van der Waals surface area contributed by atoms with Crippen molar-refractivity contribution >= 4 is 38.3 Å². The van der Waals surface area contributed by atoms with E-state index in [0.717, 1.165) is 21.4 Å². The van der Waals surface area contributed by atoms with Gasteiger partial charge in [-0.05, 0) is 35.9 Å². The Balaban J connectivity index is 1.61. The van der Waals surface area contributed by atoms with Crippen LogP contribution >= 0.6 is 11.3 Å². The highest BCUT2D eigenvalue weighted by molar-refractivity contribution is 7.21. The van der Waals surface area contributed by atoms with Gasteiger partial charge in [0.05, 0.1) is 22.1 Å². The minimum atomic E-state index is -0.427. The Morgan fingerprint density at radius 1 is 1.12 bits per heavy atom. The zero-order chi connectivity index (χ0) is 18.1. The van der Waals surface area contributed by atoms with Crippen LogP contribution in [-0.4, -0.2) is 13.0 Å². The average molecular weight is 365 g/mol. The number of ether oxygens (including phenoxy) is 1. The molecule has 0 aliphatic carbocycles. The minimum Gasteiger partial charge on any atom is -0.497 e. The number of carbonyl (C=O) groups is 1. The summed E-state index contributed by atoms with van der Waals surface area (Å²) in [5.41, 5.74) is 1.06. The van der Waals surface area contributed by atoms with Crippen molar-refractivity contribution in [3.8, 4) is 5.75 Å². The first kappa shape index (κ1) is 16.4. The summed E-state index contributed by atoms with van der Waals surface area (Å²) in [6, 6.07) is 16.4. The highest BCUT2D eigenvalue weighted by Gasteiger charge is 2.15. The molecule has 0 aliphatic rings. The molecule has 0 aliphatic heterocycles. The van der Waals surface area contributed by atoms with E-state index in [2.05, 4.69) is 5.32 Å². The van der Waals surface area contributed by atoms with Crippen LogP contribution in [-0.2, 0) is 6.54 Å². The van der Waals surface area contributed by atoms with Crippen molar-refractivity contribution in [1.82, 2.24) is 5.32 Å². The molecule has 4 aromatic rings. The molecule has 2 aromatic carbocycles. The van der Waals surface area contributed by atoms with Crippen LogP contribution in [0.2, 0.25) is 0 Å². The molecule has 26 heavy (non-hydrogen) atoms. The van der Waals surface area contributed by atoms with Crippen LogP contribution in [0.25, 0.3) is 21.1 Å². The molecule has 2 heterocycles. The summed E-state index contributed by atoms with van der Waals surface area (Å²) in [5.74, 6) is 0.550. The van der Waals surface area contributed by atoms with E-state index in [1.165, 1.54) is 11.3 Å². The summed E-state index contributed by atoms with van der Waals surface area (Å²) in [7, 11) is 1.61. The topological polar surface area (TPSA) is 68.5 Å². The van der Waals surface area contributed by atoms with Crippen LogP contribution in [0, 0.1) is 0 Å².